The maximum atomic E-state index is 12.8. The van der Waals surface area contributed by atoms with Crippen LogP contribution < -0.4 is 15.0 Å². The summed E-state index contributed by atoms with van der Waals surface area (Å²) in [5.74, 6) is 0.316. The Hall–Kier alpha value is -2.08. The van der Waals surface area contributed by atoms with Crippen molar-refractivity contribution in [1.82, 2.24) is 5.32 Å². The van der Waals surface area contributed by atoms with Gasteiger partial charge in [-0.25, -0.2) is 0 Å². The van der Waals surface area contributed by atoms with E-state index in [9.17, 15) is 9.59 Å². The normalized spacial score (nSPS) is 16.8. The van der Waals surface area contributed by atoms with Crippen molar-refractivity contribution >= 4 is 17.5 Å². The predicted molar refractivity (Wildman–Crippen MR) is 92.3 cm³/mol. The number of hydrogen-bond acceptors (Lipinski definition) is 4. The zero-order chi connectivity index (χ0) is 17.7. The second-order valence-electron chi connectivity index (χ2n) is 6.37. The maximum absolute atomic E-state index is 12.8. The Bertz CT molecular complexity index is 601. The van der Waals surface area contributed by atoms with Crippen LogP contribution in [0, 0.1) is 12.8 Å². The Morgan fingerprint density at radius 1 is 1.42 bits per heavy atom. The average molecular weight is 334 g/mol. The molecule has 1 aromatic rings. The van der Waals surface area contributed by atoms with Gasteiger partial charge < -0.3 is 14.8 Å². The van der Waals surface area contributed by atoms with E-state index in [1.807, 2.05) is 39.0 Å². The number of amides is 2. The summed E-state index contributed by atoms with van der Waals surface area (Å²) in [5, 5.41) is 2.82. The number of ether oxygens (including phenoxy) is 2. The van der Waals surface area contributed by atoms with Crippen LogP contribution >= 0.6 is 0 Å². The Morgan fingerprint density at radius 2 is 2.17 bits per heavy atom. The SMILES string of the molecule is COCCCNC(=O)CN1C(=O)[C@@H](C(C)C)Oc2ccc(C)cc21. The van der Waals surface area contributed by atoms with Crippen molar-refractivity contribution in [1.29, 1.82) is 0 Å². The molecule has 132 valence electrons. The molecule has 0 saturated heterocycles. The van der Waals surface area contributed by atoms with Crippen molar-refractivity contribution < 1.29 is 19.1 Å². The fraction of sp³-hybridized carbons (Fsp3) is 0.556. The van der Waals surface area contributed by atoms with E-state index in [-0.39, 0.29) is 24.3 Å². The summed E-state index contributed by atoms with van der Waals surface area (Å²) in [5.41, 5.74) is 1.67. The number of benzene rings is 1. The number of methoxy groups -OCH3 is 1. The van der Waals surface area contributed by atoms with Crippen molar-refractivity contribution in [2.45, 2.75) is 33.3 Å². The number of aryl methyl sites for hydroxylation is 1. The molecule has 0 spiro atoms. The summed E-state index contributed by atoms with van der Waals surface area (Å²) in [4.78, 5) is 26.5. The molecule has 0 saturated carbocycles. The molecule has 1 heterocycles. The minimum Gasteiger partial charge on any atom is -0.478 e. The highest BCUT2D eigenvalue weighted by atomic mass is 16.5. The van der Waals surface area contributed by atoms with Gasteiger partial charge in [-0.3, -0.25) is 14.5 Å². The van der Waals surface area contributed by atoms with Gasteiger partial charge in [-0.05, 0) is 37.0 Å². The largest absolute Gasteiger partial charge is 0.478 e. The summed E-state index contributed by atoms with van der Waals surface area (Å²) in [6, 6.07) is 5.67. The van der Waals surface area contributed by atoms with Gasteiger partial charge in [0.15, 0.2) is 6.10 Å². The van der Waals surface area contributed by atoms with Crippen LogP contribution in [0.15, 0.2) is 18.2 Å². The molecular weight excluding hydrogens is 308 g/mol. The standard InChI is InChI=1S/C18H26N2O4/c1-12(2)17-18(22)20(11-16(21)19-8-5-9-23-4)14-10-13(3)6-7-15(14)24-17/h6-7,10,12,17H,5,8-9,11H2,1-4H3,(H,19,21)/t17-/m1/s1. The number of rotatable bonds is 7. The Morgan fingerprint density at radius 3 is 2.83 bits per heavy atom. The van der Waals surface area contributed by atoms with E-state index in [4.69, 9.17) is 9.47 Å². The molecule has 0 bridgehead atoms. The topological polar surface area (TPSA) is 67.9 Å². The van der Waals surface area contributed by atoms with Crippen LogP contribution in [0.1, 0.15) is 25.8 Å². The molecule has 24 heavy (non-hydrogen) atoms. The van der Waals surface area contributed by atoms with E-state index in [0.717, 1.165) is 12.0 Å². The predicted octanol–water partition coefficient (Wildman–Crippen LogP) is 1.90. The van der Waals surface area contributed by atoms with Crippen molar-refractivity contribution in [2.24, 2.45) is 5.92 Å². The third-order valence-corrected chi connectivity index (χ3v) is 3.92. The van der Waals surface area contributed by atoms with Gasteiger partial charge >= 0.3 is 0 Å². The summed E-state index contributed by atoms with van der Waals surface area (Å²) < 4.78 is 10.8. The molecule has 6 nitrogen and oxygen atoms in total. The van der Waals surface area contributed by atoms with E-state index in [1.54, 1.807) is 7.11 Å². The Balaban J connectivity index is 2.15. The summed E-state index contributed by atoms with van der Waals surface area (Å²) in [6.45, 7) is 6.93. The van der Waals surface area contributed by atoms with Crippen molar-refractivity contribution in [3.63, 3.8) is 0 Å². The van der Waals surface area contributed by atoms with E-state index in [2.05, 4.69) is 5.32 Å². The van der Waals surface area contributed by atoms with Crippen LogP contribution in [-0.4, -0.2) is 44.7 Å². The molecule has 2 amide bonds. The first-order valence-corrected chi connectivity index (χ1v) is 8.28. The lowest BCUT2D eigenvalue weighted by Crippen LogP contribution is -2.51. The highest BCUT2D eigenvalue weighted by Gasteiger charge is 2.37. The summed E-state index contributed by atoms with van der Waals surface area (Å²) in [7, 11) is 1.62. The summed E-state index contributed by atoms with van der Waals surface area (Å²) in [6.07, 6.45) is 0.172. The molecule has 2 rings (SSSR count). The van der Waals surface area contributed by atoms with Crippen molar-refractivity contribution in [2.75, 3.05) is 31.7 Å². The Labute approximate surface area is 143 Å². The zero-order valence-corrected chi connectivity index (χ0v) is 14.8. The number of nitrogens with one attached hydrogen (secondary N) is 1. The van der Waals surface area contributed by atoms with Gasteiger partial charge in [0.2, 0.25) is 5.91 Å². The van der Waals surface area contributed by atoms with Crippen LogP contribution in [0.4, 0.5) is 5.69 Å². The molecule has 1 aliphatic heterocycles. The fourth-order valence-corrected chi connectivity index (χ4v) is 2.63. The van der Waals surface area contributed by atoms with E-state index in [1.165, 1.54) is 4.90 Å². The number of anilines is 1. The van der Waals surface area contributed by atoms with Crippen LogP contribution in [0.25, 0.3) is 0 Å². The lowest BCUT2D eigenvalue weighted by molar-refractivity contribution is -0.130. The minimum absolute atomic E-state index is 0.00511. The van der Waals surface area contributed by atoms with Crippen LogP contribution in [0.3, 0.4) is 0 Å². The van der Waals surface area contributed by atoms with E-state index < -0.39 is 6.10 Å². The molecule has 0 radical (unpaired) electrons. The van der Waals surface area contributed by atoms with Gasteiger partial charge in [-0.15, -0.1) is 0 Å². The van der Waals surface area contributed by atoms with E-state index in [0.29, 0.717) is 24.6 Å². The lowest BCUT2D eigenvalue weighted by atomic mass is 10.0. The third kappa shape index (κ3) is 4.26. The lowest BCUT2D eigenvalue weighted by Gasteiger charge is -2.35. The second kappa shape index (κ2) is 8.15. The maximum Gasteiger partial charge on any atom is 0.268 e. The fourth-order valence-electron chi connectivity index (χ4n) is 2.63. The van der Waals surface area contributed by atoms with Crippen LogP contribution in [0.2, 0.25) is 0 Å². The molecule has 1 atom stereocenters. The Kier molecular flexibility index (Phi) is 6.20. The smallest absolute Gasteiger partial charge is 0.268 e. The number of nitrogens with zero attached hydrogens (tertiary/aromatic N) is 1. The second-order valence-corrected chi connectivity index (χ2v) is 6.37. The van der Waals surface area contributed by atoms with Crippen LogP contribution in [0.5, 0.6) is 5.75 Å². The average Bonchev–Trinajstić information content (AvgIpc) is 2.54. The number of hydrogen-bond donors (Lipinski definition) is 1. The number of fused-ring (bicyclic) bond motifs is 1. The molecule has 1 N–H and O–H groups in total. The van der Waals surface area contributed by atoms with Crippen molar-refractivity contribution in [3.05, 3.63) is 23.8 Å². The van der Waals surface area contributed by atoms with Crippen LogP contribution in [-0.2, 0) is 14.3 Å². The first-order chi connectivity index (χ1) is 11.4. The molecule has 1 aromatic carbocycles. The molecule has 1 aliphatic rings. The minimum atomic E-state index is -0.568. The highest BCUT2D eigenvalue weighted by molar-refractivity contribution is 6.04. The first-order valence-electron chi connectivity index (χ1n) is 8.28. The van der Waals surface area contributed by atoms with Gasteiger partial charge in [0, 0.05) is 20.3 Å². The quantitative estimate of drug-likeness (QED) is 0.773. The first kappa shape index (κ1) is 18.3. The summed E-state index contributed by atoms with van der Waals surface area (Å²) >= 11 is 0. The highest BCUT2D eigenvalue weighted by Crippen LogP contribution is 2.36. The van der Waals surface area contributed by atoms with Gasteiger partial charge in [0.25, 0.3) is 5.91 Å². The molecule has 0 unspecified atom stereocenters. The number of carbonyl (C=O) groups excluding carboxylic acids is 2. The zero-order valence-electron chi connectivity index (χ0n) is 14.8. The third-order valence-electron chi connectivity index (χ3n) is 3.92. The molecule has 6 heteroatoms. The molecular formula is C18H26N2O4. The van der Waals surface area contributed by atoms with Gasteiger partial charge in [-0.2, -0.15) is 0 Å². The van der Waals surface area contributed by atoms with Crippen molar-refractivity contribution in [3.8, 4) is 5.75 Å². The van der Waals surface area contributed by atoms with Gasteiger partial charge in [-0.1, -0.05) is 19.9 Å². The molecule has 0 aromatic heterocycles. The molecule has 0 fully saturated rings. The van der Waals surface area contributed by atoms with Gasteiger partial charge in [0.1, 0.15) is 12.3 Å². The number of carbonyl (C=O) groups is 2. The monoisotopic (exact) mass is 334 g/mol. The molecule has 0 aliphatic carbocycles. The van der Waals surface area contributed by atoms with Gasteiger partial charge in [0.05, 0.1) is 5.69 Å². The van der Waals surface area contributed by atoms with E-state index >= 15 is 0 Å².